The average Bonchev–Trinajstić information content (AvgIpc) is 2.72. The highest BCUT2D eigenvalue weighted by Gasteiger charge is 2.13. The Kier molecular flexibility index (Phi) is 7.33. The number of anilines is 1. The highest BCUT2D eigenvalue weighted by Crippen LogP contribution is 2.24. The van der Waals surface area contributed by atoms with Crippen LogP contribution in [-0.2, 0) is 5.41 Å². The van der Waals surface area contributed by atoms with E-state index in [2.05, 4.69) is 36.6 Å². The zero-order valence-electron chi connectivity index (χ0n) is 16.7. The number of rotatable bonds is 7. The van der Waals surface area contributed by atoms with Gasteiger partial charge in [0.15, 0.2) is 0 Å². The van der Waals surface area contributed by atoms with Gasteiger partial charge in [0, 0.05) is 0 Å². The Balaban J connectivity index is 1.89. The molecule has 0 bridgehead atoms. The fraction of sp³-hybridized carbons (Fsp3) is 0.273. The van der Waals surface area contributed by atoms with Crippen LogP contribution >= 0.6 is 0 Å². The van der Waals surface area contributed by atoms with Crippen LogP contribution in [-0.4, -0.2) is 24.8 Å². The van der Waals surface area contributed by atoms with Crippen LogP contribution in [0.2, 0.25) is 0 Å². The summed E-state index contributed by atoms with van der Waals surface area (Å²) in [4.78, 5) is 12.4. The van der Waals surface area contributed by atoms with E-state index in [0.717, 1.165) is 5.75 Å². The molecular formula is C22H23N5O2. The molecule has 7 heteroatoms. The Morgan fingerprint density at radius 1 is 1.07 bits per heavy atom. The van der Waals surface area contributed by atoms with Crippen molar-refractivity contribution in [1.82, 2.24) is 5.32 Å². The number of ether oxygens (including phenoxy) is 1. The first-order valence-electron chi connectivity index (χ1n) is 9.09. The highest BCUT2D eigenvalue weighted by molar-refractivity contribution is 6.10. The molecule has 0 radical (unpaired) electrons. The number of nitrogens with zero attached hydrogens (tertiary/aromatic N) is 3. The van der Waals surface area contributed by atoms with Crippen molar-refractivity contribution in [2.24, 2.45) is 5.10 Å². The van der Waals surface area contributed by atoms with Crippen molar-refractivity contribution in [2.75, 3.05) is 18.6 Å². The normalized spacial score (nSPS) is 10.2. The van der Waals surface area contributed by atoms with E-state index in [9.17, 15) is 4.79 Å². The molecular weight excluding hydrogens is 366 g/mol. The minimum Gasteiger partial charge on any atom is -0.492 e. The second-order valence-electron chi connectivity index (χ2n) is 7.22. The SMILES string of the molecule is CC(C)(C)c1ccc(OCCNC(=O)c2ccccc2NN=C(C#N)C#N)cc1. The smallest absolute Gasteiger partial charge is 0.253 e. The Hall–Kier alpha value is -3.84. The lowest BCUT2D eigenvalue weighted by atomic mass is 9.87. The lowest BCUT2D eigenvalue weighted by Crippen LogP contribution is -2.28. The summed E-state index contributed by atoms with van der Waals surface area (Å²) in [6, 6.07) is 17.9. The molecule has 0 heterocycles. The molecule has 29 heavy (non-hydrogen) atoms. The molecule has 0 saturated heterocycles. The van der Waals surface area contributed by atoms with Gasteiger partial charge >= 0.3 is 0 Å². The molecule has 0 atom stereocenters. The molecule has 0 saturated carbocycles. The van der Waals surface area contributed by atoms with Crippen LogP contribution < -0.4 is 15.5 Å². The Labute approximate surface area is 170 Å². The fourth-order valence-corrected chi connectivity index (χ4v) is 2.45. The van der Waals surface area contributed by atoms with Crippen molar-refractivity contribution in [3.8, 4) is 17.9 Å². The number of carbonyl (C=O) groups is 1. The van der Waals surface area contributed by atoms with Gasteiger partial charge in [0.2, 0.25) is 5.71 Å². The Morgan fingerprint density at radius 3 is 2.34 bits per heavy atom. The van der Waals surface area contributed by atoms with Gasteiger partial charge in [-0.05, 0) is 35.2 Å². The second kappa shape index (κ2) is 9.91. The highest BCUT2D eigenvalue weighted by atomic mass is 16.5. The van der Waals surface area contributed by atoms with E-state index in [1.807, 2.05) is 24.3 Å². The van der Waals surface area contributed by atoms with E-state index in [1.165, 1.54) is 5.56 Å². The third-order valence-corrected chi connectivity index (χ3v) is 4.05. The molecule has 0 fully saturated rings. The van der Waals surface area contributed by atoms with Crippen LogP contribution in [0.1, 0.15) is 36.7 Å². The van der Waals surface area contributed by atoms with Gasteiger partial charge in [-0.3, -0.25) is 10.2 Å². The van der Waals surface area contributed by atoms with Crippen molar-refractivity contribution in [1.29, 1.82) is 10.5 Å². The lowest BCUT2D eigenvalue weighted by Gasteiger charge is -2.19. The minimum atomic E-state index is -0.328. The standard InChI is InChI=1S/C22H23N5O2/c1-22(2,3)16-8-10-18(11-9-16)29-13-12-25-21(28)19-6-4-5-7-20(19)27-26-17(14-23)15-24/h4-11,27H,12-13H2,1-3H3,(H,25,28). The number of benzene rings is 2. The summed E-state index contributed by atoms with van der Waals surface area (Å²) in [7, 11) is 0. The molecule has 0 aromatic heterocycles. The van der Waals surface area contributed by atoms with Gasteiger partial charge in [-0.2, -0.15) is 15.6 Å². The zero-order valence-corrected chi connectivity index (χ0v) is 16.7. The number of carbonyl (C=O) groups excluding carboxylic acids is 1. The number of nitriles is 2. The summed E-state index contributed by atoms with van der Waals surface area (Å²) in [5.74, 6) is 0.426. The molecule has 0 unspecified atom stereocenters. The van der Waals surface area contributed by atoms with E-state index < -0.39 is 0 Å². The molecule has 7 nitrogen and oxygen atoms in total. The number of nitrogens with one attached hydrogen (secondary N) is 2. The Morgan fingerprint density at radius 2 is 1.72 bits per heavy atom. The van der Waals surface area contributed by atoms with Gasteiger partial charge < -0.3 is 10.1 Å². The van der Waals surface area contributed by atoms with Crippen LogP contribution in [0.4, 0.5) is 5.69 Å². The molecule has 2 N–H and O–H groups in total. The van der Waals surface area contributed by atoms with E-state index >= 15 is 0 Å². The van der Waals surface area contributed by atoms with E-state index in [1.54, 1.807) is 36.4 Å². The number of hydrogen-bond donors (Lipinski definition) is 2. The summed E-state index contributed by atoms with van der Waals surface area (Å²) in [6.45, 7) is 7.09. The van der Waals surface area contributed by atoms with Crippen molar-refractivity contribution < 1.29 is 9.53 Å². The van der Waals surface area contributed by atoms with Crippen LogP contribution in [0.15, 0.2) is 53.6 Å². The molecule has 0 aliphatic carbocycles. The van der Waals surface area contributed by atoms with Crippen LogP contribution in [0, 0.1) is 22.7 Å². The average molecular weight is 389 g/mol. The van der Waals surface area contributed by atoms with Gasteiger partial charge in [-0.15, -0.1) is 0 Å². The maximum Gasteiger partial charge on any atom is 0.253 e. The van der Waals surface area contributed by atoms with Gasteiger partial charge in [-0.1, -0.05) is 45.0 Å². The maximum atomic E-state index is 12.4. The quantitative estimate of drug-likeness (QED) is 0.427. The first-order chi connectivity index (χ1) is 13.8. The van der Waals surface area contributed by atoms with Crippen LogP contribution in [0.3, 0.4) is 0 Å². The molecule has 0 aliphatic heterocycles. The molecule has 0 aliphatic rings. The first-order valence-corrected chi connectivity index (χ1v) is 9.09. The predicted molar refractivity (Wildman–Crippen MR) is 112 cm³/mol. The topological polar surface area (TPSA) is 110 Å². The second-order valence-corrected chi connectivity index (χ2v) is 7.22. The van der Waals surface area contributed by atoms with Gasteiger partial charge in [0.05, 0.1) is 17.8 Å². The lowest BCUT2D eigenvalue weighted by molar-refractivity contribution is 0.0947. The number of amides is 1. The maximum absolute atomic E-state index is 12.4. The van der Waals surface area contributed by atoms with Crippen molar-refractivity contribution in [3.05, 3.63) is 59.7 Å². The van der Waals surface area contributed by atoms with Gasteiger partial charge in [-0.25, -0.2) is 0 Å². The summed E-state index contributed by atoms with van der Waals surface area (Å²) >= 11 is 0. The number of hydrogen-bond acceptors (Lipinski definition) is 6. The Bertz CT molecular complexity index is 944. The molecule has 148 valence electrons. The molecule has 0 spiro atoms. The molecule has 2 aromatic carbocycles. The third kappa shape index (κ3) is 6.37. The summed E-state index contributed by atoms with van der Waals surface area (Å²) in [6.07, 6.45) is 0. The largest absolute Gasteiger partial charge is 0.492 e. The van der Waals surface area contributed by atoms with Crippen molar-refractivity contribution in [3.63, 3.8) is 0 Å². The zero-order chi connectivity index (χ0) is 21.3. The van der Waals surface area contributed by atoms with Crippen LogP contribution in [0.5, 0.6) is 5.75 Å². The van der Waals surface area contributed by atoms with Crippen LogP contribution in [0.25, 0.3) is 0 Å². The molecule has 1 amide bonds. The number of para-hydroxylation sites is 1. The van der Waals surface area contributed by atoms with Crippen molar-refractivity contribution >= 4 is 17.3 Å². The third-order valence-electron chi connectivity index (χ3n) is 4.05. The van der Waals surface area contributed by atoms with Gasteiger partial charge in [0.25, 0.3) is 5.91 Å². The first kappa shape index (κ1) is 21.5. The minimum absolute atomic E-state index is 0.0826. The summed E-state index contributed by atoms with van der Waals surface area (Å²) in [5.41, 5.74) is 4.30. The van der Waals surface area contributed by atoms with E-state index in [-0.39, 0.29) is 17.0 Å². The van der Waals surface area contributed by atoms with Gasteiger partial charge in [0.1, 0.15) is 24.5 Å². The van der Waals surface area contributed by atoms with E-state index in [0.29, 0.717) is 24.4 Å². The van der Waals surface area contributed by atoms with E-state index in [4.69, 9.17) is 15.3 Å². The molecule has 2 aromatic rings. The monoisotopic (exact) mass is 389 g/mol. The fourth-order valence-electron chi connectivity index (χ4n) is 2.45. The molecule has 2 rings (SSSR count). The summed E-state index contributed by atoms with van der Waals surface area (Å²) < 4.78 is 5.67. The van der Waals surface area contributed by atoms with Crippen molar-refractivity contribution in [2.45, 2.75) is 26.2 Å². The number of hydrazone groups is 1. The summed E-state index contributed by atoms with van der Waals surface area (Å²) in [5, 5.41) is 23.9. The predicted octanol–water partition coefficient (Wildman–Crippen LogP) is 3.61.